The SMILES string of the molecule is CNc1ccc(Nc2ccc(OC)cc2)cc1. The Labute approximate surface area is 101 Å². The minimum absolute atomic E-state index is 0.862. The standard InChI is InChI=1S/C14H16N2O/c1-15-11-3-5-12(6-4-11)16-13-7-9-14(17-2)10-8-13/h3-10,15-16H,1-2H3. The van der Waals surface area contributed by atoms with Crippen molar-refractivity contribution in [3.05, 3.63) is 48.5 Å². The van der Waals surface area contributed by atoms with E-state index in [0.717, 1.165) is 22.8 Å². The molecule has 2 rings (SSSR count). The Hall–Kier alpha value is -2.16. The van der Waals surface area contributed by atoms with Crippen LogP contribution < -0.4 is 15.4 Å². The number of benzene rings is 2. The van der Waals surface area contributed by atoms with Crippen LogP contribution in [0.1, 0.15) is 0 Å². The Morgan fingerprint density at radius 3 is 1.71 bits per heavy atom. The van der Waals surface area contributed by atoms with E-state index in [1.165, 1.54) is 0 Å². The molecular weight excluding hydrogens is 212 g/mol. The van der Waals surface area contributed by atoms with Crippen LogP contribution in [0.25, 0.3) is 0 Å². The van der Waals surface area contributed by atoms with Gasteiger partial charge in [-0.3, -0.25) is 0 Å². The summed E-state index contributed by atoms with van der Waals surface area (Å²) in [5.41, 5.74) is 3.21. The maximum atomic E-state index is 5.11. The lowest BCUT2D eigenvalue weighted by Gasteiger charge is -2.08. The molecule has 0 amide bonds. The fourth-order valence-corrected chi connectivity index (χ4v) is 1.56. The zero-order valence-electron chi connectivity index (χ0n) is 10.0. The van der Waals surface area contributed by atoms with Gasteiger partial charge in [-0.05, 0) is 48.5 Å². The van der Waals surface area contributed by atoms with Crippen LogP contribution in [-0.2, 0) is 0 Å². The summed E-state index contributed by atoms with van der Waals surface area (Å²) >= 11 is 0. The summed E-state index contributed by atoms with van der Waals surface area (Å²) in [6.45, 7) is 0. The normalized spacial score (nSPS) is 9.76. The number of methoxy groups -OCH3 is 1. The Kier molecular flexibility index (Phi) is 3.50. The first-order valence-electron chi connectivity index (χ1n) is 5.51. The maximum absolute atomic E-state index is 5.11. The molecule has 0 unspecified atom stereocenters. The van der Waals surface area contributed by atoms with Gasteiger partial charge in [-0.1, -0.05) is 0 Å². The summed E-state index contributed by atoms with van der Waals surface area (Å²) < 4.78 is 5.11. The first-order valence-corrected chi connectivity index (χ1v) is 5.51. The van der Waals surface area contributed by atoms with E-state index in [2.05, 4.69) is 10.6 Å². The fraction of sp³-hybridized carbons (Fsp3) is 0.143. The van der Waals surface area contributed by atoms with E-state index in [-0.39, 0.29) is 0 Å². The molecule has 0 saturated heterocycles. The molecule has 0 heterocycles. The van der Waals surface area contributed by atoms with E-state index >= 15 is 0 Å². The molecule has 0 fully saturated rings. The van der Waals surface area contributed by atoms with Crippen molar-refractivity contribution in [2.75, 3.05) is 24.8 Å². The van der Waals surface area contributed by atoms with Gasteiger partial charge < -0.3 is 15.4 Å². The molecule has 88 valence electrons. The van der Waals surface area contributed by atoms with Gasteiger partial charge in [0.2, 0.25) is 0 Å². The van der Waals surface area contributed by atoms with E-state index in [1.807, 2.05) is 55.6 Å². The quantitative estimate of drug-likeness (QED) is 0.840. The summed E-state index contributed by atoms with van der Waals surface area (Å²) in [6.07, 6.45) is 0. The van der Waals surface area contributed by atoms with Crippen molar-refractivity contribution in [3.63, 3.8) is 0 Å². The highest BCUT2D eigenvalue weighted by Crippen LogP contribution is 2.20. The van der Waals surface area contributed by atoms with Crippen LogP contribution in [0.3, 0.4) is 0 Å². The molecule has 0 atom stereocenters. The third kappa shape index (κ3) is 2.91. The van der Waals surface area contributed by atoms with Crippen molar-refractivity contribution < 1.29 is 4.74 Å². The summed E-state index contributed by atoms with van der Waals surface area (Å²) in [5.74, 6) is 0.862. The third-order valence-corrected chi connectivity index (χ3v) is 2.55. The predicted octanol–water partition coefficient (Wildman–Crippen LogP) is 3.48. The molecule has 2 aromatic rings. The molecule has 2 aromatic carbocycles. The first kappa shape index (κ1) is 11.3. The van der Waals surface area contributed by atoms with Gasteiger partial charge in [0.1, 0.15) is 5.75 Å². The summed E-state index contributed by atoms with van der Waals surface area (Å²) in [5, 5.41) is 6.41. The number of hydrogen-bond acceptors (Lipinski definition) is 3. The highest BCUT2D eigenvalue weighted by atomic mass is 16.5. The topological polar surface area (TPSA) is 33.3 Å². The molecule has 0 aliphatic rings. The molecule has 0 aromatic heterocycles. The van der Waals surface area contributed by atoms with Crippen molar-refractivity contribution in [1.29, 1.82) is 0 Å². The van der Waals surface area contributed by atoms with Crippen molar-refractivity contribution in [2.45, 2.75) is 0 Å². The molecule has 17 heavy (non-hydrogen) atoms. The van der Waals surface area contributed by atoms with Gasteiger partial charge in [0.15, 0.2) is 0 Å². The number of rotatable bonds is 4. The second kappa shape index (κ2) is 5.25. The van der Waals surface area contributed by atoms with Gasteiger partial charge in [-0.2, -0.15) is 0 Å². The van der Waals surface area contributed by atoms with Crippen LogP contribution in [-0.4, -0.2) is 14.2 Å². The molecule has 0 aliphatic carbocycles. The second-order valence-electron chi connectivity index (χ2n) is 3.68. The molecule has 3 heteroatoms. The lowest BCUT2D eigenvalue weighted by Crippen LogP contribution is -1.92. The van der Waals surface area contributed by atoms with Crippen LogP contribution in [0.15, 0.2) is 48.5 Å². The summed E-state index contributed by atoms with van der Waals surface area (Å²) in [4.78, 5) is 0. The van der Waals surface area contributed by atoms with E-state index in [4.69, 9.17) is 4.74 Å². The van der Waals surface area contributed by atoms with Crippen LogP contribution in [0, 0.1) is 0 Å². The van der Waals surface area contributed by atoms with E-state index in [0.29, 0.717) is 0 Å². The minimum atomic E-state index is 0.862. The number of hydrogen-bond donors (Lipinski definition) is 2. The van der Waals surface area contributed by atoms with Gasteiger partial charge >= 0.3 is 0 Å². The lowest BCUT2D eigenvalue weighted by atomic mass is 10.2. The molecule has 0 aliphatic heterocycles. The van der Waals surface area contributed by atoms with Crippen LogP contribution in [0.4, 0.5) is 17.1 Å². The van der Waals surface area contributed by atoms with Gasteiger partial charge in [0.05, 0.1) is 7.11 Å². The molecule has 0 bridgehead atoms. The van der Waals surface area contributed by atoms with Crippen LogP contribution >= 0.6 is 0 Å². The molecular formula is C14H16N2O. The van der Waals surface area contributed by atoms with Crippen LogP contribution in [0.5, 0.6) is 5.75 Å². The second-order valence-corrected chi connectivity index (χ2v) is 3.68. The molecule has 3 nitrogen and oxygen atoms in total. The Bertz CT molecular complexity index is 417. The first-order chi connectivity index (χ1) is 8.31. The molecule has 0 saturated carbocycles. The minimum Gasteiger partial charge on any atom is -0.497 e. The zero-order chi connectivity index (χ0) is 12.1. The highest BCUT2D eigenvalue weighted by molar-refractivity contribution is 5.62. The maximum Gasteiger partial charge on any atom is 0.119 e. The van der Waals surface area contributed by atoms with Crippen molar-refractivity contribution in [1.82, 2.24) is 0 Å². The van der Waals surface area contributed by atoms with Gasteiger partial charge in [0.25, 0.3) is 0 Å². The highest BCUT2D eigenvalue weighted by Gasteiger charge is 1.95. The number of nitrogens with one attached hydrogen (secondary N) is 2. The van der Waals surface area contributed by atoms with Crippen molar-refractivity contribution in [3.8, 4) is 5.75 Å². The predicted molar refractivity (Wildman–Crippen MR) is 72.3 cm³/mol. The van der Waals surface area contributed by atoms with Crippen LogP contribution in [0.2, 0.25) is 0 Å². The molecule has 0 spiro atoms. The Balaban J connectivity index is 2.08. The van der Waals surface area contributed by atoms with E-state index in [9.17, 15) is 0 Å². The zero-order valence-corrected chi connectivity index (χ0v) is 10.0. The smallest absolute Gasteiger partial charge is 0.119 e. The van der Waals surface area contributed by atoms with Crippen molar-refractivity contribution >= 4 is 17.1 Å². The Morgan fingerprint density at radius 2 is 1.24 bits per heavy atom. The largest absolute Gasteiger partial charge is 0.497 e. The van der Waals surface area contributed by atoms with E-state index < -0.39 is 0 Å². The van der Waals surface area contributed by atoms with Gasteiger partial charge in [0, 0.05) is 24.1 Å². The summed E-state index contributed by atoms with van der Waals surface area (Å²) in [7, 11) is 3.57. The van der Waals surface area contributed by atoms with E-state index in [1.54, 1.807) is 7.11 Å². The fourth-order valence-electron chi connectivity index (χ4n) is 1.56. The average Bonchev–Trinajstić information content (AvgIpc) is 2.40. The number of anilines is 3. The Morgan fingerprint density at radius 1 is 0.765 bits per heavy atom. The molecule has 0 radical (unpaired) electrons. The van der Waals surface area contributed by atoms with Gasteiger partial charge in [-0.15, -0.1) is 0 Å². The number of ether oxygens (including phenoxy) is 1. The van der Waals surface area contributed by atoms with Gasteiger partial charge in [-0.25, -0.2) is 0 Å². The lowest BCUT2D eigenvalue weighted by molar-refractivity contribution is 0.415. The van der Waals surface area contributed by atoms with Crippen molar-refractivity contribution in [2.24, 2.45) is 0 Å². The third-order valence-electron chi connectivity index (χ3n) is 2.55. The monoisotopic (exact) mass is 228 g/mol. The molecule has 2 N–H and O–H groups in total. The average molecular weight is 228 g/mol. The summed E-state index contributed by atoms with van der Waals surface area (Å²) in [6, 6.07) is 16.0.